The van der Waals surface area contributed by atoms with E-state index in [0.29, 0.717) is 23.8 Å². The van der Waals surface area contributed by atoms with E-state index in [1.165, 1.54) is 0 Å². The smallest absolute Gasteiger partial charge is 0.294 e. The van der Waals surface area contributed by atoms with Crippen LogP contribution in [0.3, 0.4) is 0 Å². The molecule has 1 saturated heterocycles. The zero-order valence-electron chi connectivity index (χ0n) is 18.7. The summed E-state index contributed by atoms with van der Waals surface area (Å²) in [5.74, 6) is 0.394. The molecular formula is C26H21IN2O5S. The van der Waals surface area contributed by atoms with Crippen LogP contribution in [0.15, 0.2) is 77.7 Å². The average molecular weight is 600 g/mol. The fourth-order valence-electron chi connectivity index (χ4n) is 3.21. The summed E-state index contributed by atoms with van der Waals surface area (Å²) in [6.45, 7) is 0.0904. The van der Waals surface area contributed by atoms with E-state index in [0.717, 1.165) is 31.4 Å². The lowest BCUT2D eigenvalue weighted by molar-refractivity contribution is -0.127. The molecule has 7 nitrogen and oxygen atoms in total. The summed E-state index contributed by atoms with van der Waals surface area (Å²) in [4.78, 5) is 38.7. The van der Waals surface area contributed by atoms with E-state index in [4.69, 9.17) is 9.47 Å². The van der Waals surface area contributed by atoms with Gasteiger partial charge < -0.3 is 14.8 Å². The van der Waals surface area contributed by atoms with Crippen LogP contribution < -0.4 is 14.8 Å². The number of hydrogen-bond acceptors (Lipinski definition) is 6. The number of amides is 3. The van der Waals surface area contributed by atoms with Crippen LogP contribution in [0.4, 0.5) is 10.5 Å². The van der Waals surface area contributed by atoms with Crippen molar-refractivity contribution in [3.63, 3.8) is 0 Å². The lowest BCUT2D eigenvalue weighted by Crippen LogP contribution is -2.36. The number of carbonyl (C=O) groups is 3. The molecule has 0 bridgehead atoms. The molecule has 0 unspecified atom stereocenters. The molecule has 1 fully saturated rings. The molecule has 1 aliphatic rings. The molecule has 3 amide bonds. The number of imide groups is 1. The molecule has 178 valence electrons. The summed E-state index contributed by atoms with van der Waals surface area (Å²) >= 11 is 3.07. The Balaban J connectivity index is 1.34. The van der Waals surface area contributed by atoms with Gasteiger partial charge in [-0.25, -0.2) is 0 Å². The van der Waals surface area contributed by atoms with Gasteiger partial charge in [0.15, 0.2) is 0 Å². The van der Waals surface area contributed by atoms with E-state index in [1.54, 1.807) is 37.5 Å². The summed E-state index contributed by atoms with van der Waals surface area (Å²) in [5, 5.41) is 2.19. The molecule has 1 heterocycles. The summed E-state index contributed by atoms with van der Waals surface area (Å²) in [6, 6.07) is 22.1. The fraction of sp³-hybridized carbons (Fsp3) is 0.115. The van der Waals surface area contributed by atoms with Gasteiger partial charge in [-0.3, -0.25) is 19.3 Å². The van der Waals surface area contributed by atoms with E-state index in [1.807, 2.05) is 48.5 Å². The Kier molecular flexibility index (Phi) is 8.09. The highest BCUT2D eigenvalue weighted by atomic mass is 127. The molecule has 3 aromatic carbocycles. The van der Waals surface area contributed by atoms with Gasteiger partial charge in [0, 0.05) is 9.26 Å². The van der Waals surface area contributed by atoms with E-state index in [-0.39, 0.29) is 11.4 Å². The molecule has 1 N–H and O–H groups in total. The minimum Gasteiger partial charge on any atom is -0.497 e. The monoisotopic (exact) mass is 600 g/mol. The third-order valence-corrected chi connectivity index (χ3v) is 6.67. The minimum absolute atomic E-state index is 0.264. The lowest BCUT2D eigenvalue weighted by atomic mass is 10.2. The Morgan fingerprint density at radius 3 is 2.29 bits per heavy atom. The maximum absolute atomic E-state index is 12.7. The van der Waals surface area contributed by atoms with Crippen molar-refractivity contribution < 1.29 is 23.9 Å². The number of halogens is 1. The number of benzene rings is 3. The van der Waals surface area contributed by atoms with Crippen LogP contribution in [-0.4, -0.2) is 35.6 Å². The molecule has 0 aromatic heterocycles. The average Bonchev–Trinajstić information content (AvgIpc) is 3.12. The Morgan fingerprint density at radius 2 is 1.63 bits per heavy atom. The number of hydrogen-bond donors (Lipinski definition) is 1. The predicted molar refractivity (Wildman–Crippen MR) is 144 cm³/mol. The first-order valence-corrected chi connectivity index (χ1v) is 12.5. The first-order valence-electron chi connectivity index (χ1n) is 10.6. The summed E-state index contributed by atoms with van der Waals surface area (Å²) in [5.41, 5.74) is 2.36. The highest BCUT2D eigenvalue weighted by molar-refractivity contribution is 14.1. The summed E-state index contributed by atoms with van der Waals surface area (Å²) in [6.07, 6.45) is 1.63. The number of rotatable bonds is 8. The first-order chi connectivity index (χ1) is 16.9. The van der Waals surface area contributed by atoms with Crippen molar-refractivity contribution >= 4 is 63.2 Å². The molecule has 0 aliphatic carbocycles. The fourth-order valence-corrected chi connectivity index (χ4v) is 4.41. The standard InChI is InChI=1S/C26H21IN2O5S/c1-33-21-12-8-20(9-13-21)28-24(30)15-29-25(31)23(35-26(29)32)14-17-4-10-22(11-5-17)34-16-18-2-6-19(27)7-3-18/h2-14H,15-16H2,1H3,(H,28,30)/b23-14+. The van der Waals surface area contributed by atoms with Gasteiger partial charge in [-0.1, -0.05) is 24.3 Å². The van der Waals surface area contributed by atoms with E-state index in [9.17, 15) is 14.4 Å². The van der Waals surface area contributed by atoms with Crippen LogP contribution in [-0.2, 0) is 16.2 Å². The second-order valence-corrected chi connectivity index (χ2v) is 9.77. The van der Waals surface area contributed by atoms with Gasteiger partial charge in [-0.2, -0.15) is 0 Å². The Hall–Kier alpha value is -3.31. The molecule has 1 aliphatic heterocycles. The van der Waals surface area contributed by atoms with Gasteiger partial charge in [0.05, 0.1) is 12.0 Å². The van der Waals surface area contributed by atoms with Crippen molar-refractivity contribution in [1.29, 1.82) is 0 Å². The van der Waals surface area contributed by atoms with Crippen molar-refractivity contribution in [2.75, 3.05) is 19.0 Å². The minimum atomic E-state index is -0.496. The van der Waals surface area contributed by atoms with Gasteiger partial charge in [-0.05, 0) is 100 Å². The van der Waals surface area contributed by atoms with Crippen molar-refractivity contribution in [2.45, 2.75) is 6.61 Å². The first kappa shape index (κ1) is 24.8. The van der Waals surface area contributed by atoms with E-state index >= 15 is 0 Å². The van der Waals surface area contributed by atoms with Crippen molar-refractivity contribution in [2.24, 2.45) is 0 Å². The zero-order chi connectivity index (χ0) is 24.8. The van der Waals surface area contributed by atoms with Crippen LogP contribution in [0.1, 0.15) is 11.1 Å². The molecule has 4 rings (SSSR count). The van der Waals surface area contributed by atoms with E-state index < -0.39 is 17.1 Å². The van der Waals surface area contributed by atoms with Gasteiger partial charge in [-0.15, -0.1) is 0 Å². The molecule has 9 heteroatoms. The Labute approximate surface area is 220 Å². The quantitative estimate of drug-likeness (QED) is 0.270. The zero-order valence-corrected chi connectivity index (χ0v) is 21.7. The number of carbonyl (C=O) groups excluding carboxylic acids is 3. The largest absolute Gasteiger partial charge is 0.497 e. The number of nitrogens with one attached hydrogen (secondary N) is 1. The number of thioether (sulfide) groups is 1. The number of methoxy groups -OCH3 is 1. The normalized spacial score (nSPS) is 14.3. The third kappa shape index (κ3) is 6.64. The third-order valence-electron chi connectivity index (χ3n) is 5.05. The van der Waals surface area contributed by atoms with E-state index in [2.05, 4.69) is 27.9 Å². The van der Waals surface area contributed by atoms with Crippen molar-refractivity contribution in [1.82, 2.24) is 4.90 Å². The van der Waals surface area contributed by atoms with Crippen LogP contribution in [0.5, 0.6) is 11.5 Å². The van der Waals surface area contributed by atoms with Crippen LogP contribution in [0, 0.1) is 3.57 Å². The van der Waals surface area contributed by atoms with Gasteiger partial charge in [0.25, 0.3) is 11.1 Å². The van der Waals surface area contributed by atoms with Crippen LogP contribution in [0.25, 0.3) is 6.08 Å². The Bertz CT molecular complexity index is 1260. The maximum Gasteiger partial charge on any atom is 0.294 e. The molecule has 35 heavy (non-hydrogen) atoms. The molecular weight excluding hydrogens is 579 g/mol. The maximum atomic E-state index is 12.7. The Morgan fingerprint density at radius 1 is 0.971 bits per heavy atom. The van der Waals surface area contributed by atoms with Gasteiger partial charge in [0.2, 0.25) is 5.91 Å². The number of ether oxygens (including phenoxy) is 2. The highest BCUT2D eigenvalue weighted by Crippen LogP contribution is 2.32. The summed E-state index contributed by atoms with van der Waals surface area (Å²) < 4.78 is 12.1. The molecule has 0 spiro atoms. The number of anilines is 1. The second kappa shape index (κ2) is 11.4. The molecule has 3 aromatic rings. The second-order valence-electron chi connectivity index (χ2n) is 7.53. The van der Waals surface area contributed by atoms with Gasteiger partial charge in [0.1, 0.15) is 24.7 Å². The topological polar surface area (TPSA) is 84.9 Å². The molecule has 0 radical (unpaired) electrons. The predicted octanol–water partition coefficient (Wildman–Crippen LogP) is 5.55. The SMILES string of the molecule is COc1ccc(NC(=O)CN2C(=O)S/C(=C/c3ccc(OCc4ccc(I)cc4)cc3)C2=O)cc1. The molecule has 0 atom stereocenters. The summed E-state index contributed by atoms with van der Waals surface area (Å²) in [7, 11) is 1.55. The van der Waals surface area contributed by atoms with Gasteiger partial charge >= 0.3 is 0 Å². The van der Waals surface area contributed by atoms with Crippen molar-refractivity contribution in [3.05, 3.63) is 92.4 Å². The lowest BCUT2D eigenvalue weighted by Gasteiger charge is -2.12. The van der Waals surface area contributed by atoms with Crippen LogP contribution >= 0.6 is 34.4 Å². The number of nitrogens with zero attached hydrogens (tertiary/aromatic N) is 1. The van der Waals surface area contributed by atoms with Crippen molar-refractivity contribution in [3.8, 4) is 11.5 Å². The highest BCUT2D eigenvalue weighted by Gasteiger charge is 2.36. The molecule has 0 saturated carbocycles. The van der Waals surface area contributed by atoms with Crippen LogP contribution in [0.2, 0.25) is 0 Å².